The van der Waals surface area contributed by atoms with E-state index < -0.39 is 0 Å². The highest BCUT2D eigenvalue weighted by Crippen LogP contribution is 2.46. The molecule has 1 aliphatic rings. The zero-order valence-corrected chi connectivity index (χ0v) is 20.5. The number of hydrogen-bond donors (Lipinski definition) is 2. The number of methoxy groups -OCH3 is 2. The maximum atomic E-state index is 11.8. The molecule has 3 aromatic rings. The molecule has 34 heavy (non-hydrogen) atoms. The molecule has 0 aliphatic heterocycles. The number of amides is 1. The number of fused-ring (bicyclic) bond motifs is 1. The summed E-state index contributed by atoms with van der Waals surface area (Å²) in [5, 5.41) is 8.04. The van der Waals surface area contributed by atoms with E-state index in [0.29, 0.717) is 33.1 Å². The van der Waals surface area contributed by atoms with Crippen molar-refractivity contribution >= 4 is 46.0 Å². The first-order chi connectivity index (χ1) is 16.4. The van der Waals surface area contributed by atoms with Gasteiger partial charge in [-0.2, -0.15) is 0 Å². The molecule has 1 amide bonds. The van der Waals surface area contributed by atoms with E-state index in [4.69, 9.17) is 32.7 Å². The van der Waals surface area contributed by atoms with Gasteiger partial charge in [-0.1, -0.05) is 48.7 Å². The van der Waals surface area contributed by atoms with Gasteiger partial charge in [0.1, 0.15) is 11.5 Å². The predicted molar refractivity (Wildman–Crippen MR) is 136 cm³/mol. The van der Waals surface area contributed by atoms with Crippen LogP contribution in [-0.4, -0.2) is 42.2 Å². The Morgan fingerprint density at radius 1 is 1.09 bits per heavy atom. The number of nitrogens with one attached hydrogen (secondary N) is 2. The maximum absolute atomic E-state index is 11.8. The van der Waals surface area contributed by atoms with E-state index >= 15 is 0 Å². The van der Waals surface area contributed by atoms with Gasteiger partial charge in [-0.05, 0) is 36.6 Å². The highest BCUT2D eigenvalue weighted by atomic mass is 35.5. The molecule has 9 heteroatoms. The summed E-state index contributed by atoms with van der Waals surface area (Å²) in [6, 6.07) is 7.45. The summed E-state index contributed by atoms with van der Waals surface area (Å²) in [5.74, 6) is 1.29. The fourth-order valence-electron chi connectivity index (χ4n) is 4.28. The second-order valence-corrected chi connectivity index (χ2v) is 8.86. The number of nitrogens with zero attached hydrogens (tertiary/aromatic N) is 2. The van der Waals surface area contributed by atoms with Gasteiger partial charge in [0.25, 0.3) is 0 Å². The molecule has 0 spiro atoms. The minimum atomic E-state index is -0.169. The van der Waals surface area contributed by atoms with E-state index in [1.165, 1.54) is 6.08 Å². The topological polar surface area (TPSA) is 85.4 Å². The molecule has 0 saturated heterocycles. The zero-order chi connectivity index (χ0) is 24.2. The fourth-order valence-corrected chi connectivity index (χ4v) is 5.00. The number of aromatic nitrogens is 2. The molecule has 0 bridgehead atoms. The average molecular weight is 501 g/mol. The van der Waals surface area contributed by atoms with Crippen molar-refractivity contribution in [2.24, 2.45) is 0 Å². The van der Waals surface area contributed by atoms with Crippen molar-refractivity contribution in [1.82, 2.24) is 15.3 Å². The molecule has 1 aromatic heterocycles. The third-order valence-corrected chi connectivity index (χ3v) is 6.79. The average Bonchev–Trinajstić information content (AvgIpc) is 2.85. The number of anilines is 1. The van der Waals surface area contributed by atoms with E-state index in [1.807, 2.05) is 18.2 Å². The second-order valence-electron chi connectivity index (χ2n) is 8.11. The van der Waals surface area contributed by atoms with Gasteiger partial charge in [0.15, 0.2) is 0 Å². The van der Waals surface area contributed by atoms with Gasteiger partial charge in [0.05, 0.1) is 29.8 Å². The van der Waals surface area contributed by atoms with E-state index in [-0.39, 0.29) is 18.0 Å². The van der Waals surface area contributed by atoms with Crippen LogP contribution in [0.1, 0.15) is 25.7 Å². The molecule has 1 fully saturated rings. The van der Waals surface area contributed by atoms with Crippen molar-refractivity contribution in [3.63, 3.8) is 0 Å². The highest BCUT2D eigenvalue weighted by molar-refractivity contribution is 6.41. The van der Waals surface area contributed by atoms with Crippen molar-refractivity contribution in [2.75, 3.05) is 19.5 Å². The Kier molecular flexibility index (Phi) is 7.44. The van der Waals surface area contributed by atoms with Crippen molar-refractivity contribution < 1.29 is 14.3 Å². The van der Waals surface area contributed by atoms with Gasteiger partial charge in [-0.3, -0.25) is 4.79 Å². The monoisotopic (exact) mass is 500 g/mol. The number of hydrogen-bond acceptors (Lipinski definition) is 6. The standard InChI is InChI=1S/C25H26Cl2N4O3/c1-4-21(32)29-17-7-5-6-8-18(17)31-25-28-13-15-11-14(9-10-16(15)30-25)22-23(26)19(33-2)12-20(34-3)24(22)27/h4,9-13,17-18H,1,5-8H2,2-3H3,(H,29,32)(H,28,30,31)/t17-,18+/m0/s1. The molecule has 2 aromatic carbocycles. The molecule has 2 atom stereocenters. The predicted octanol–water partition coefficient (Wildman–Crippen LogP) is 5.65. The Labute approximate surface area is 208 Å². The van der Waals surface area contributed by atoms with Crippen LogP contribution in [0.25, 0.3) is 22.0 Å². The lowest BCUT2D eigenvalue weighted by Crippen LogP contribution is -2.48. The van der Waals surface area contributed by atoms with Crippen LogP contribution in [0.2, 0.25) is 10.0 Å². The molecule has 1 saturated carbocycles. The number of ether oxygens (including phenoxy) is 2. The molecular weight excluding hydrogens is 475 g/mol. The normalized spacial score (nSPS) is 17.8. The van der Waals surface area contributed by atoms with Crippen LogP contribution in [0.15, 0.2) is 43.1 Å². The van der Waals surface area contributed by atoms with E-state index in [2.05, 4.69) is 27.2 Å². The maximum Gasteiger partial charge on any atom is 0.243 e. The van der Waals surface area contributed by atoms with Crippen LogP contribution >= 0.6 is 23.2 Å². The Morgan fingerprint density at radius 3 is 2.41 bits per heavy atom. The lowest BCUT2D eigenvalue weighted by molar-refractivity contribution is -0.117. The zero-order valence-electron chi connectivity index (χ0n) is 19.0. The van der Waals surface area contributed by atoms with Crippen LogP contribution in [0, 0.1) is 0 Å². The highest BCUT2D eigenvalue weighted by Gasteiger charge is 2.26. The van der Waals surface area contributed by atoms with Crippen LogP contribution in [0.4, 0.5) is 5.95 Å². The molecule has 7 nitrogen and oxygen atoms in total. The summed E-state index contributed by atoms with van der Waals surface area (Å²) in [4.78, 5) is 21.0. The molecular formula is C25H26Cl2N4O3. The number of carbonyl (C=O) groups is 1. The molecule has 178 valence electrons. The number of rotatable bonds is 7. The SMILES string of the molecule is C=CC(=O)N[C@H]1CCCC[C@H]1Nc1ncc2cc(-c3c(Cl)c(OC)cc(OC)c3Cl)ccc2n1. The minimum Gasteiger partial charge on any atom is -0.495 e. The van der Waals surface area contributed by atoms with E-state index in [1.54, 1.807) is 26.5 Å². The van der Waals surface area contributed by atoms with Gasteiger partial charge < -0.3 is 20.1 Å². The van der Waals surface area contributed by atoms with E-state index in [9.17, 15) is 4.79 Å². The first kappa shape index (κ1) is 24.1. The second kappa shape index (κ2) is 10.5. The van der Waals surface area contributed by atoms with Crippen LogP contribution < -0.4 is 20.1 Å². The van der Waals surface area contributed by atoms with Crippen molar-refractivity contribution in [3.05, 3.63) is 53.2 Å². The Hall–Kier alpha value is -3.03. The summed E-state index contributed by atoms with van der Waals surface area (Å²) in [7, 11) is 3.08. The van der Waals surface area contributed by atoms with Gasteiger partial charge in [0.2, 0.25) is 11.9 Å². The van der Waals surface area contributed by atoms with Gasteiger partial charge in [-0.25, -0.2) is 9.97 Å². The third-order valence-electron chi connectivity index (χ3n) is 6.04. The Bertz CT molecular complexity index is 1210. The van der Waals surface area contributed by atoms with Gasteiger partial charge in [0, 0.05) is 35.3 Å². The largest absolute Gasteiger partial charge is 0.495 e. The Balaban J connectivity index is 1.63. The summed E-state index contributed by atoms with van der Waals surface area (Å²) >= 11 is 13.2. The lowest BCUT2D eigenvalue weighted by atomic mass is 9.90. The van der Waals surface area contributed by atoms with Gasteiger partial charge >= 0.3 is 0 Å². The minimum absolute atomic E-state index is 0.00764. The molecule has 0 radical (unpaired) electrons. The molecule has 2 N–H and O–H groups in total. The fraction of sp³-hybridized carbons (Fsp3) is 0.320. The Morgan fingerprint density at radius 2 is 1.76 bits per heavy atom. The van der Waals surface area contributed by atoms with Crippen LogP contribution in [0.5, 0.6) is 11.5 Å². The number of halogens is 2. The quantitative estimate of drug-likeness (QED) is 0.408. The number of benzene rings is 2. The summed E-state index contributed by atoms with van der Waals surface area (Å²) in [6.45, 7) is 3.54. The first-order valence-electron chi connectivity index (χ1n) is 11.0. The van der Waals surface area contributed by atoms with Crippen LogP contribution in [0.3, 0.4) is 0 Å². The van der Waals surface area contributed by atoms with Crippen LogP contribution in [-0.2, 0) is 4.79 Å². The van der Waals surface area contributed by atoms with E-state index in [0.717, 1.165) is 42.1 Å². The number of carbonyl (C=O) groups excluding carboxylic acids is 1. The van der Waals surface area contributed by atoms with Gasteiger partial charge in [-0.15, -0.1) is 0 Å². The van der Waals surface area contributed by atoms with Crippen molar-refractivity contribution in [1.29, 1.82) is 0 Å². The lowest BCUT2D eigenvalue weighted by Gasteiger charge is -2.32. The summed E-state index contributed by atoms with van der Waals surface area (Å²) < 4.78 is 10.8. The summed E-state index contributed by atoms with van der Waals surface area (Å²) in [6.07, 6.45) is 7.04. The van der Waals surface area contributed by atoms with Crippen molar-refractivity contribution in [2.45, 2.75) is 37.8 Å². The third kappa shape index (κ3) is 4.91. The van der Waals surface area contributed by atoms with Crippen molar-refractivity contribution in [3.8, 4) is 22.6 Å². The first-order valence-corrected chi connectivity index (χ1v) is 11.8. The summed E-state index contributed by atoms with van der Waals surface area (Å²) in [5.41, 5.74) is 2.18. The molecule has 1 heterocycles. The smallest absolute Gasteiger partial charge is 0.243 e. The molecule has 4 rings (SSSR count). The molecule has 0 unspecified atom stereocenters. The molecule has 1 aliphatic carbocycles.